The molecule has 0 spiro atoms. The summed E-state index contributed by atoms with van der Waals surface area (Å²) in [4.78, 5) is 0. The van der Waals surface area contributed by atoms with Crippen LogP contribution in [0.5, 0.6) is 0 Å². The van der Waals surface area contributed by atoms with Gasteiger partial charge in [0.25, 0.3) is 0 Å². The molecule has 0 aliphatic carbocycles. The van der Waals surface area contributed by atoms with Crippen LogP contribution in [0.3, 0.4) is 0 Å². The van der Waals surface area contributed by atoms with Crippen LogP contribution in [-0.2, 0) is 5.41 Å². The van der Waals surface area contributed by atoms with Crippen LogP contribution in [0.1, 0.15) is 23.6 Å². The van der Waals surface area contributed by atoms with E-state index in [9.17, 15) is 0 Å². The van der Waals surface area contributed by atoms with E-state index in [1.54, 1.807) is 0 Å². The van der Waals surface area contributed by atoms with Crippen LogP contribution in [0.25, 0.3) is 0 Å². The molecule has 0 saturated carbocycles. The molecule has 0 fully saturated rings. The molecule has 1 heteroatoms. The Kier molecular flexibility index (Phi) is 3.81. The molecule has 0 heterocycles. The SMILES string of the molecule is CC(c1cc[c]cc1)(c1cc[c]cc1)c1ccc(Cl)cc1. The molecular formula is C20H15Cl. The molecule has 21 heavy (non-hydrogen) atoms. The molecule has 0 atom stereocenters. The Bertz CT molecular complexity index is 660. The summed E-state index contributed by atoms with van der Waals surface area (Å²) in [6.45, 7) is 2.24. The van der Waals surface area contributed by atoms with Gasteiger partial charge in [-0.25, -0.2) is 0 Å². The second-order valence-corrected chi connectivity index (χ2v) is 5.65. The summed E-state index contributed by atoms with van der Waals surface area (Å²) in [5, 5.41) is 0.754. The molecule has 0 aliphatic rings. The zero-order chi connectivity index (χ0) is 14.7. The maximum atomic E-state index is 6.04. The Morgan fingerprint density at radius 2 is 1.05 bits per heavy atom. The van der Waals surface area contributed by atoms with E-state index in [1.165, 1.54) is 16.7 Å². The summed E-state index contributed by atoms with van der Waals surface area (Å²) in [6, 6.07) is 30.5. The average molecular weight is 291 g/mol. The fourth-order valence-electron chi connectivity index (χ4n) is 2.72. The van der Waals surface area contributed by atoms with E-state index in [0.717, 1.165) is 5.02 Å². The normalized spacial score (nSPS) is 11.3. The zero-order valence-corrected chi connectivity index (χ0v) is 12.6. The topological polar surface area (TPSA) is 0 Å². The predicted molar refractivity (Wildman–Crippen MR) is 87.6 cm³/mol. The minimum Gasteiger partial charge on any atom is -0.0843 e. The molecule has 3 rings (SSSR count). The van der Waals surface area contributed by atoms with Crippen molar-refractivity contribution in [2.75, 3.05) is 0 Å². The van der Waals surface area contributed by atoms with E-state index in [2.05, 4.69) is 55.5 Å². The molecular weight excluding hydrogens is 276 g/mol. The van der Waals surface area contributed by atoms with Gasteiger partial charge in [-0.1, -0.05) is 72.3 Å². The van der Waals surface area contributed by atoms with Gasteiger partial charge in [0.2, 0.25) is 0 Å². The van der Waals surface area contributed by atoms with Gasteiger partial charge in [0.1, 0.15) is 0 Å². The molecule has 0 nitrogen and oxygen atoms in total. The van der Waals surface area contributed by atoms with Crippen molar-refractivity contribution < 1.29 is 0 Å². The summed E-state index contributed by atoms with van der Waals surface area (Å²) < 4.78 is 0. The second kappa shape index (κ2) is 5.75. The van der Waals surface area contributed by atoms with Crippen molar-refractivity contribution in [1.29, 1.82) is 0 Å². The molecule has 3 aromatic rings. The van der Waals surface area contributed by atoms with Gasteiger partial charge in [-0.3, -0.25) is 0 Å². The Morgan fingerprint density at radius 1 is 0.667 bits per heavy atom. The average Bonchev–Trinajstić information content (AvgIpc) is 2.56. The maximum Gasteiger partial charge on any atom is 0.0423 e. The van der Waals surface area contributed by atoms with Crippen LogP contribution in [-0.4, -0.2) is 0 Å². The minimum absolute atomic E-state index is 0.227. The third-order valence-corrected chi connectivity index (χ3v) is 4.26. The third-order valence-electron chi connectivity index (χ3n) is 4.01. The number of hydrogen-bond donors (Lipinski definition) is 0. The van der Waals surface area contributed by atoms with E-state index >= 15 is 0 Å². The summed E-state index contributed by atoms with van der Waals surface area (Å²) in [5.41, 5.74) is 3.45. The standard InChI is InChI=1S/C20H15Cl/c1-20(16-8-4-2-5-9-16,17-10-6-3-7-11-17)18-12-14-19(21)15-13-18/h4-15H,1H3. The first-order chi connectivity index (χ1) is 10.2. The van der Waals surface area contributed by atoms with Gasteiger partial charge in [0.15, 0.2) is 0 Å². The van der Waals surface area contributed by atoms with Crippen LogP contribution >= 0.6 is 11.6 Å². The predicted octanol–water partition coefficient (Wildman–Crippen LogP) is 5.29. The maximum absolute atomic E-state index is 6.04. The molecule has 0 unspecified atom stereocenters. The highest BCUT2D eigenvalue weighted by Crippen LogP contribution is 2.38. The molecule has 0 amide bonds. The molecule has 0 aromatic heterocycles. The Balaban J connectivity index is 2.23. The van der Waals surface area contributed by atoms with Crippen molar-refractivity contribution in [3.63, 3.8) is 0 Å². The van der Waals surface area contributed by atoms with E-state index in [-0.39, 0.29) is 5.41 Å². The number of halogens is 1. The quantitative estimate of drug-likeness (QED) is 0.575. The number of rotatable bonds is 3. The fourth-order valence-corrected chi connectivity index (χ4v) is 2.85. The van der Waals surface area contributed by atoms with E-state index < -0.39 is 0 Å². The third kappa shape index (κ3) is 2.59. The summed E-state index contributed by atoms with van der Waals surface area (Å²) in [7, 11) is 0. The smallest absolute Gasteiger partial charge is 0.0423 e. The Labute approximate surface area is 131 Å². The van der Waals surface area contributed by atoms with Crippen LogP contribution in [0.2, 0.25) is 5.02 Å². The van der Waals surface area contributed by atoms with Crippen LogP contribution < -0.4 is 0 Å². The van der Waals surface area contributed by atoms with Crippen molar-refractivity contribution in [2.24, 2.45) is 0 Å². The summed E-state index contributed by atoms with van der Waals surface area (Å²) in [6.07, 6.45) is 0. The highest BCUT2D eigenvalue weighted by Gasteiger charge is 2.30. The molecule has 102 valence electrons. The lowest BCUT2D eigenvalue weighted by Gasteiger charge is -2.31. The van der Waals surface area contributed by atoms with E-state index in [1.807, 2.05) is 36.4 Å². The van der Waals surface area contributed by atoms with E-state index in [0.29, 0.717) is 0 Å². The lowest BCUT2D eigenvalue weighted by atomic mass is 9.71. The van der Waals surface area contributed by atoms with Gasteiger partial charge in [-0.15, -0.1) is 0 Å². The number of benzene rings is 3. The summed E-state index contributed by atoms with van der Waals surface area (Å²) in [5.74, 6) is 0. The molecule has 3 aromatic carbocycles. The van der Waals surface area contributed by atoms with Gasteiger partial charge in [0, 0.05) is 10.4 Å². The molecule has 0 N–H and O–H groups in total. The van der Waals surface area contributed by atoms with Crippen LogP contribution in [0.15, 0.2) is 72.8 Å². The van der Waals surface area contributed by atoms with Gasteiger partial charge in [-0.05, 0) is 47.9 Å². The monoisotopic (exact) mass is 290 g/mol. The fraction of sp³-hybridized carbons (Fsp3) is 0.100. The lowest BCUT2D eigenvalue weighted by Crippen LogP contribution is -2.25. The van der Waals surface area contributed by atoms with Crippen LogP contribution in [0.4, 0.5) is 0 Å². The Hall–Kier alpha value is -2.05. The van der Waals surface area contributed by atoms with Gasteiger partial charge >= 0.3 is 0 Å². The van der Waals surface area contributed by atoms with Crippen LogP contribution in [0, 0.1) is 12.1 Å². The molecule has 2 radical (unpaired) electrons. The Morgan fingerprint density at radius 3 is 1.48 bits per heavy atom. The lowest BCUT2D eigenvalue weighted by molar-refractivity contribution is 0.692. The van der Waals surface area contributed by atoms with Crippen molar-refractivity contribution in [1.82, 2.24) is 0 Å². The first kappa shape index (κ1) is 13.9. The largest absolute Gasteiger partial charge is 0.0843 e. The van der Waals surface area contributed by atoms with Crippen molar-refractivity contribution in [2.45, 2.75) is 12.3 Å². The minimum atomic E-state index is -0.227. The summed E-state index contributed by atoms with van der Waals surface area (Å²) >= 11 is 6.04. The zero-order valence-electron chi connectivity index (χ0n) is 11.8. The number of hydrogen-bond acceptors (Lipinski definition) is 0. The highest BCUT2D eigenvalue weighted by molar-refractivity contribution is 6.30. The first-order valence-corrected chi connectivity index (χ1v) is 7.28. The molecule has 0 saturated heterocycles. The highest BCUT2D eigenvalue weighted by atomic mass is 35.5. The van der Waals surface area contributed by atoms with Crippen molar-refractivity contribution >= 4 is 11.6 Å². The second-order valence-electron chi connectivity index (χ2n) is 5.21. The van der Waals surface area contributed by atoms with Gasteiger partial charge in [-0.2, -0.15) is 0 Å². The first-order valence-electron chi connectivity index (χ1n) is 6.90. The van der Waals surface area contributed by atoms with E-state index in [4.69, 9.17) is 11.6 Å². The molecule has 0 aliphatic heterocycles. The van der Waals surface area contributed by atoms with Crippen molar-refractivity contribution in [3.05, 3.63) is 107 Å². The van der Waals surface area contributed by atoms with Gasteiger partial charge in [0.05, 0.1) is 0 Å². The van der Waals surface area contributed by atoms with Gasteiger partial charge < -0.3 is 0 Å². The van der Waals surface area contributed by atoms with Crippen molar-refractivity contribution in [3.8, 4) is 0 Å². The molecule has 0 bridgehead atoms.